The minimum Gasteiger partial charge on any atom is -0.370 e. The molecule has 3 aromatic heterocycles. The maximum Gasteiger partial charge on any atom is 0.141 e. The first-order valence-electron chi connectivity index (χ1n) is 10.6. The number of aromatic amines is 1. The van der Waals surface area contributed by atoms with E-state index in [0.717, 1.165) is 40.9 Å². The molecule has 0 bridgehead atoms. The number of nitrogens with one attached hydrogen (secondary N) is 1. The van der Waals surface area contributed by atoms with Gasteiger partial charge in [0.1, 0.15) is 24.1 Å². The standard InChI is InChI=1S/C24H19N9/c25-7-4-21(17-6-9-32(13-17)22-3-1-2-16(10-26)20(22)11-27)33-14-18(12-31-33)23-19-5-8-28-24(19)30-15-29-23/h1-3,5,8,12,14-15,17,21H,4,6,9,13H2,(H,28,29,30)/t17-,21-/m0/s1. The molecule has 1 saturated heterocycles. The van der Waals surface area contributed by atoms with Crippen LogP contribution in [0.15, 0.2) is 49.2 Å². The van der Waals surface area contributed by atoms with Crippen molar-refractivity contribution in [3.63, 3.8) is 0 Å². The molecule has 5 rings (SSSR count). The molecular formula is C24H19N9. The molecule has 0 aliphatic carbocycles. The van der Waals surface area contributed by atoms with Crippen LogP contribution in [0, 0.1) is 39.9 Å². The van der Waals surface area contributed by atoms with Crippen LogP contribution in [0.5, 0.6) is 0 Å². The van der Waals surface area contributed by atoms with E-state index in [1.165, 1.54) is 6.33 Å². The first kappa shape index (κ1) is 20.2. The van der Waals surface area contributed by atoms with Gasteiger partial charge in [-0.3, -0.25) is 4.68 Å². The quantitative estimate of drug-likeness (QED) is 0.508. The van der Waals surface area contributed by atoms with Crippen molar-refractivity contribution < 1.29 is 0 Å². The van der Waals surface area contributed by atoms with Crippen molar-refractivity contribution in [3.8, 4) is 29.5 Å². The molecule has 1 aliphatic rings. The molecule has 0 unspecified atom stereocenters. The molecule has 0 radical (unpaired) electrons. The minimum absolute atomic E-state index is 0.109. The van der Waals surface area contributed by atoms with E-state index < -0.39 is 0 Å². The SMILES string of the molecule is N#CC[C@@H]([C@H]1CCN(c2cccc(C#N)c2C#N)C1)n1cc(-c2ncnc3[nH]ccc23)cn1. The van der Waals surface area contributed by atoms with Crippen LogP contribution in [0.4, 0.5) is 5.69 Å². The highest BCUT2D eigenvalue weighted by Gasteiger charge is 2.32. The maximum absolute atomic E-state index is 9.60. The second-order valence-corrected chi connectivity index (χ2v) is 8.02. The van der Waals surface area contributed by atoms with Gasteiger partial charge < -0.3 is 9.88 Å². The summed E-state index contributed by atoms with van der Waals surface area (Å²) in [5, 5.41) is 34.0. The highest BCUT2D eigenvalue weighted by atomic mass is 15.3. The number of hydrogen-bond acceptors (Lipinski definition) is 7. The van der Waals surface area contributed by atoms with Crippen LogP contribution in [0.25, 0.3) is 22.3 Å². The van der Waals surface area contributed by atoms with Crippen LogP contribution < -0.4 is 4.90 Å². The smallest absolute Gasteiger partial charge is 0.141 e. The molecule has 33 heavy (non-hydrogen) atoms. The Labute approximate surface area is 190 Å². The number of fused-ring (bicyclic) bond motifs is 1. The summed E-state index contributed by atoms with van der Waals surface area (Å²) in [4.78, 5) is 13.9. The molecule has 9 nitrogen and oxygen atoms in total. The lowest BCUT2D eigenvalue weighted by Crippen LogP contribution is -2.25. The lowest BCUT2D eigenvalue weighted by molar-refractivity contribution is 0.332. The normalized spacial score (nSPS) is 16.3. The Morgan fingerprint density at radius 1 is 1.15 bits per heavy atom. The first-order chi connectivity index (χ1) is 16.2. The van der Waals surface area contributed by atoms with E-state index in [1.54, 1.807) is 18.3 Å². The number of rotatable bonds is 5. The van der Waals surface area contributed by atoms with E-state index in [2.05, 4.69) is 43.2 Å². The van der Waals surface area contributed by atoms with E-state index in [4.69, 9.17) is 0 Å². The molecule has 1 N–H and O–H groups in total. The average Bonchev–Trinajstić information content (AvgIpc) is 3.62. The number of nitrogens with zero attached hydrogens (tertiary/aromatic N) is 8. The Kier molecular flexibility index (Phi) is 5.18. The Bertz CT molecular complexity index is 1440. The molecule has 4 aromatic rings. The minimum atomic E-state index is -0.109. The van der Waals surface area contributed by atoms with E-state index in [1.807, 2.05) is 29.2 Å². The molecule has 0 saturated carbocycles. The zero-order valence-electron chi connectivity index (χ0n) is 17.7. The zero-order chi connectivity index (χ0) is 22.8. The summed E-state index contributed by atoms with van der Waals surface area (Å²) >= 11 is 0. The maximum atomic E-state index is 9.60. The summed E-state index contributed by atoms with van der Waals surface area (Å²) < 4.78 is 1.87. The molecule has 1 fully saturated rings. The summed E-state index contributed by atoms with van der Waals surface area (Å²) in [5.41, 5.74) is 3.98. The fraction of sp³-hybridized carbons (Fsp3) is 0.250. The number of anilines is 1. The highest BCUT2D eigenvalue weighted by Crippen LogP contribution is 2.35. The predicted octanol–water partition coefficient (Wildman–Crippen LogP) is 3.55. The van der Waals surface area contributed by atoms with E-state index in [-0.39, 0.29) is 12.0 Å². The number of H-pyrrole nitrogens is 1. The molecule has 1 aliphatic heterocycles. The van der Waals surface area contributed by atoms with Crippen molar-refractivity contribution in [3.05, 3.63) is 60.3 Å². The van der Waals surface area contributed by atoms with Crippen molar-refractivity contribution in [2.24, 2.45) is 5.92 Å². The summed E-state index contributed by atoms with van der Waals surface area (Å²) in [6, 6.07) is 13.8. The molecule has 0 spiro atoms. The van der Waals surface area contributed by atoms with Crippen LogP contribution in [0.2, 0.25) is 0 Å². The fourth-order valence-corrected chi connectivity index (χ4v) is 4.65. The Balaban J connectivity index is 1.43. The molecule has 0 amide bonds. The van der Waals surface area contributed by atoms with E-state index >= 15 is 0 Å². The number of hydrogen-bond donors (Lipinski definition) is 1. The predicted molar refractivity (Wildman–Crippen MR) is 121 cm³/mol. The number of nitriles is 3. The summed E-state index contributed by atoms with van der Waals surface area (Å²) in [5.74, 6) is 0.173. The third kappa shape index (κ3) is 3.54. The summed E-state index contributed by atoms with van der Waals surface area (Å²) in [6.45, 7) is 1.43. The fourth-order valence-electron chi connectivity index (χ4n) is 4.65. The van der Waals surface area contributed by atoms with Crippen molar-refractivity contribution in [1.29, 1.82) is 15.8 Å². The van der Waals surface area contributed by atoms with Gasteiger partial charge >= 0.3 is 0 Å². The largest absolute Gasteiger partial charge is 0.370 e. The molecule has 2 atom stereocenters. The summed E-state index contributed by atoms with van der Waals surface area (Å²) in [6.07, 6.45) is 8.25. The average molecular weight is 433 g/mol. The topological polar surface area (TPSA) is 134 Å². The molecular weight excluding hydrogens is 414 g/mol. The Hall–Kier alpha value is -4.68. The van der Waals surface area contributed by atoms with Gasteiger partial charge in [0.2, 0.25) is 0 Å². The van der Waals surface area contributed by atoms with Crippen molar-refractivity contribution >= 4 is 16.7 Å². The van der Waals surface area contributed by atoms with Crippen molar-refractivity contribution in [2.45, 2.75) is 18.9 Å². The molecule has 4 heterocycles. The van der Waals surface area contributed by atoms with Gasteiger partial charge in [-0.15, -0.1) is 0 Å². The number of benzene rings is 1. The molecule has 1 aromatic carbocycles. The van der Waals surface area contributed by atoms with Gasteiger partial charge in [0.05, 0.1) is 47.2 Å². The number of aromatic nitrogens is 5. The second kappa shape index (κ2) is 8.45. The third-order valence-corrected chi connectivity index (χ3v) is 6.25. The van der Waals surface area contributed by atoms with Crippen LogP contribution in [-0.4, -0.2) is 37.8 Å². The van der Waals surface area contributed by atoms with Gasteiger partial charge in [0, 0.05) is 42.4 Å². The molecule has 9 heteroatoms. The second-order valence-electron chi connectivity index (χ2n) is 8.02. The zero-order valence-corrected chi connectivity index (χ0v) is 17.7. The van der Waals surface area contributed by atoms with Crippen molar-refractivity contribution in [1.82, 2.24) is 24.7 Å². The highest BCUT2D eigenvalue weighted by molar-refractivity contribution is 5.90. The van der Waals surface area contributed by atoms with Gasteiger partial charge in [-0.2, -0.15) is 20.9 Å². The van der Waals surface area contributed by atoms with Crippen LogP contribution >= 0.6 is 0 Å². The van der Waals surface area contributed by atoms with E-state index in [9.17, 15) is 15.8 Å². The van der Waals surface area contributed by atoms with Gasteiger partial charge in [0.25, 0.3) is 0 Å². The van der Waals surface area contributed by atoms with Gasteiger partial charge in [0.15, 0.2) is 0 Å². The van der Waals surface area contributed by atoms with Gasteiger partial charge in [-0.25, -0.2) is 9.97 Å². The third-order valence-electron chi connectivity index (χ3n) is 6.25. The lowest BCUT2D eigenvalue weighted by Gasteiger charge is -2.24. The van der Waals surface area contributed by atoms with Gasteiger partial charge in [-0.05, 0) is 24.6 Å². The van der Waals surface area contributed by atoms with Crippen LogP contribution in [-0.2, 0) is 0 Å². The van der Waals surface area contributed by atoms with Gasteiger partial charge in [-0.1, -0.05) is 6.07 Å². The Morgan fingerprint density at radius 2 is 2.06 bits per heavy atom. The van der Waals surface area contributed by atoms with Crippen LogP contribution in [0.1, 0.15) is 30.0 Å². The monoisotopic (exact) mass is 433 g/mol. The summed E-state index contributed by atoms with van der Waals surface area (Å²) in [7, 11) is 0. The van der Waals surface area contributed by atoms with Crippen molar-refractivity contribution in [2.75, 3.05) is 18.0 Å². The van der Waals surface area contributed by atoms with Crippen LogP contribution in [0.3, 0.4) is 0 Å². The Morgan fingerprint density at radius 3 is 2.88 bits per heavy atom. The van der Waals surface area contributed by atoms with E-state index in [0.29, 0.717) is 24.1 Å². The molecule has 160 valence electrons. The lowest BCUT2D eigenvalue weighted by atomic mass is 9.96. The first-order valence-corrected chi connectivity index (χ1v) is 10.6.